The first-order valence-electron chi connectivity index (χ1n) is 5.13. The maximum absolute atomic E-state index is 5.99. The zero-order chi connectivity index (χ0) is 12.0. The second-order valence-corrected chi connectivity index (χ2v) is 4.61. The minimum atomic E-state index is 0.567. The molecular formula is C11H14Cl2N2S. The largest absolute Gasteiger partial charge is 0.362 e. The topological polar surface area (TPSA) is 24.1 Å². The number of hydrogen-bond donors (Lipinski definition) is 2. The molecule has 0 aromatic heterocycles. The van der Waals surface area contributed by atoms with Crippen LogP contribution in [-0.2, 0) is 0 Å². The van der Waals surface area contributed by atoms with Crippen molar-refractivity contribution in [2.75, 3.05) is 11.9 Å². The Kier molecular flexibility index (Phi) is 5.88. The van der Waals surface area contributed by atoms with Gasteiger partial charge < -0.3 is 10.6 Å². The highest BCUT2D eigenvalue weighted by molar-refractivity contribution is 7.80. The molecule has 0 saturated carbocycles. The SMILES string of the molecule is CCCCNC(=S)Nc1cc(Cl)ccc1Cl. The lowest BCUT2D eigenvalue weighted by atomic mass is 10.3. The van der Waals surface area contributed by atoms with E-state index in [4.69, 9.17) is 35.4 Å². The normalized spacial score (nSPS) is 9.94. The molecule has 0 saturated heterocycles. The Bertz CT molecular complexity index is 369. The van der Waals surface area contributed by atoms with Gasteiger partial charge in [0.2, 0.25) is 0 Å². The molecule has 0 heterocycles. The van der Waals surface area contributed by atoms with Crippen molar-refractivity contribution in [2.45, 2.75) is 19.8 Å². The first-order chi connectivity index (χ1) is 7.63. The number of thiocarbonyl (C=S) groups is 1. The Morgan fingerprint density at radius 2 is 2.12 bits per heavy atom. The van der Waals surface area contributed by atoms with E-state index in [0.29, 0.717) is 15.2 Å². The molecule has 0 atom stereocenters. The molecule has 0 fully saturated rings. The lowest BCUT2D eigenvalue weighted by Crippen LogP contribution is -2.29. The van der Waals surface area contributed by atoms with Gasteiger partial charge in [-0.25, -0.2) is 0 Å². The van der Waals surface area contributed by atoms with E-state index in [-0.39, 0.29) is 0 Å². The lowest BCUT2D eigenvalue weighted by Gasteiger charge is -2.11. The highest BCUT2D eigenvalue weighted by Crippen LogP contribution is 2.25. The number of benzene rings is 1. The molecule has 0 aliphatic heterocycles. The van der Waals surface area contributed by atoms with E-state index in [1.165, 1.54) is 0 Å². The van der Waals surface area contributed by atoms with Crippen molar-refractivity contribution >= 4 is 46.2 Å². The predicted molar refractivity (Wildman–Crippen MR) is 75.6 cm³/mol. The van der Waals surface area contributed by atoms with Crippen LogP contribution in [0.2, 0.25) is 10.0 Å². The Morgan fingerprint density at radius 3 is 2.81 bits per heavy atom. The first-order valence-corrected chi connectivity index (χ1v) is 6.29. The highest BCUT2D eigenvalue weighted by atomic mass is 35.5. The summed E-state index contributed by atoms with van der Waals surface area (Å²) in [6.07, 6.45) is 2.22. The molecule has 0 aliphatic carbocycles. The standard InChI is InChI=1S/C11H14Cl2N2S/c1-2-3-6-14-11(16)15-10-7-8(12)4-5-9(10)13/h4-5,7H,2-3,6H2,1H3,(H2,14,15,16). The summed E-state index contributed by atoms with van der Waals surface area (Å²) >= 11 is 17.0. The van der Waals surface area contributed by atoms with Gasteiger partial charge in [0.05, 0.1) is 10.7 Å². The fourth-order valence-electron chi connectivity index (χ4n) is 1.14. The molecule has 0 unspecified atom stereocenters. The molecule has 1 rings (SSSR count). The van der Waals surface area contributed by atoms with Crippen LogP contribution in [0.3, 0.4) is 0 Å². The minimum Gasteiger partial charge on any atom is -0.362 e. The highest BCUT2D eigenvalue weighted by Gasteiger charge is 2.02. The van der Waals surface area contributed by atoms with Crippen LogP contribution in [0.4, 0.5) is 5.69 Å². The van der Waals surface area contributed by atoms with Crippen LogP contribution >= 0.6 is 35.4 Å². The van der Waals surface area contributed by atoms with Gasteiger partial charge in [-0.2, -0.15) is 0 Å². The molecule has 5 heteroatoms. The molecule has 16 heavy (non-hydrogen) atoms. The summed E-state index contributed by atoms with van der Waals surface area (Å²) in [6, 6.07) is 5.22. The fourth-order valence-corrected chi connectivity index (χ4v) is 1.69. The van der Waals surface area contributed by atoms with Crippen molar-refractivity contribution in [3.8, 4) is 0 Å². The number of unbranched alkanes of at least 4 members (excludes halogenated alkanes) is 1. The number of halogens is 2. The van der Waals surface area contributed by atoms with Crippen LogP contribution < -0.4 is 10.6 Å². The van der Waals surface area contributed by atoms with Crippen molar-refractivity contribution in [1.29, 1.82) is 0 Å². The summed E-state index contributed by atoms with van der Waals surface area (Å²) in [4.78, 5) is 0. The molecule has 2 N–H and O–H groups in total. The van der Waals surface area contributed by atoms with Crippen LogP contribution in [0.25, 0.3) is 0 Å². The van der Waals surface area contributed by atoms with Gasteiger partial charge in [0.1, 0.15) is 0 Å². The molecule has 0 bridgehead atoms. The second-order valence-electron chi connectivity index (χ2n) is 3.36. The fraction of sp³-hybridized carbons (Fsp3) is 0.364. The van der Waals surface area contributed by atoms with Gasteiger partial charge in [-0.1, -0.05) is 36.5 Å². The third-order valence-corrected chi connectivity index (χ3v) is 2.80. The van der Waals surface area contributed by atoms with Gasteiger partial charge in [-0.15, -0.1) is 0 Å². The first kappa shape index (κ1) is 13.6. The van der Waals surface area contributed by atoms with Crippen LogP contribution in [-0.4, -0.2) is 11.7 Å². The van der Waals surface area contributed by atoms with Crippen LogP contribution in [0.1, 0.15) is 19.8 Å². The monoisotopic (exact) mass is 276 g/mol. The average Bonchev–Trinajstić information content (AvgIpc) is 2.24. The summed E-state index contributed by atoms with van der Waals surface area (Å²) in [5, 5.41) is 7.91. The predicted octanol–water partition coefficient (Wildman–Crippen LogP) is 4.08. The van der Waals surface area contributed by atoms with Gasteiger partial charge in [0, 0.05) is 11.6 Å². The number of rotatable bonds is 4. The summed E-state index contributed by atoms with van der Waals surface area (Å²) in [5.41, 5.74) is 0.725. The van der Waals surface area contributed by atoms with Crippen LogP contribution in [0, 0.1) is 0 Å². The van der Waals surface area contributed by atoms with Gasteiger partial charge in [0.15, 0.2) is 5.11 Å². The van der Waals surface area contributed by atoms with E-state index in [1.807, 2.05) is 0 Å². The molecule has 2 nitrogen and oxygen atoms in total. The smallest absolute Gasteiger partial charge is 0.170 e. The van der Waals surface area contributed by atoms with Crippen LogP contribution in [0.15, 0.2) is 18.2 Å². The third kappa shape index (κ3) is 4.56. The van der Waals surface area contributed by atoms with Gasteiger partial charge >= 0.3 is 0 Å². The molecule has 0 aliphatic rings. The Morgan fingerprint density at radius 1 is 1.38 bits per heavy atom. The maximum atomic E-state index is 5.99. The molecule has 1 aromatic rings. The second kappa shape index (κ2) is 6.94. The van der Waals surface area contributed by atoms with Gasteiger partial charge in [-0.3, -0.25) is 0 Å². The van der Waals surface area contributed by atoms with Crippen molar-refractivity contribution in [3.63, 3.8) is 0 Å². The lowest BCUT2D eigenvalue weighted by molar-refractivity contribution is 0.758. The number of nitrogens with one attached hydrogen (secondary N) is 2. The van der Waals surface area contributed by atoms with E-state index < -0.39 is 0 Å². The van der Waals surface area contributed by atoms with E-state index in [0.717, 1.165) is 25.1 Å². The molecule has 88 valence electrons. The van der Waals surface area contributed by atoms with Crippen LogP contribution in [0.5, 0.6) is 0 Å². The van der Waals surface area contributed by atoms with E-state index in [1.54, 1.807) is 18.2 Å². The Hall–Kier alpha value is -0.510. The summed E-state index contributed by atoms with van der Waals surface area (Å²) < 4.78 is 0. The molecule has 0 spiro atoms. The van der Waals surface area contributed by atoms with Crippen molar-refractivity contribution in [3.05, 3.63) is 28.2 Å². The van der Waals surface area contributed by atoms with E-state index in [9.17, 15) is 0 Å². The number of hydrogen-bond acceptors (Lipinski definition) is 1. The molecule has 0 radical (unpaired) electrons. The summed E-state index contributed by atoms with van der Waals surface area (Å²) in [7, 11) is 0. The van der Waals surface area contributed by atoms with Crippen molar-refractivity contribution < 1.29 is 0 Å². The zero-order valence-electron chi connectivity index (χ0n) is 9.02. The number of anilines is 1. The van der Waals surface area contributed by atoms with Crippen molar-refractivity contribution in [2.24, 2.45) is 0 Å². The van der Waals surface area contributed by atoms with Gasteiger partial charge in [0.25, 0.3) is 0 Å². The quantitative estimate of drug-likeness (QED) is 0.640. The van der Waals surface area contributed by atoms with E-state index in [2.05, 4.69) is 17.6 Å². The molecule has 0 amide bonds. The average molecular weight is 277 g/mol. The molecule has 1 aromatic carbocycles. The zero-order valence-corrected chi connectivity index (χ0v) is 11.3. The minimum absolute atomic E-state index is 0.567. The maximum Gasteiger partial charge on any atom is 0.170 e. The summed E-state index contributed by atoms with van der Waals surface area (Å²) in [5.74, 6) is 0. The summed E-state index contributed by atoms with van der Waals surface area (Å²) in [6.45, 7) is 2.99. The Labute approximate surface area is 111 Å². The van der Waals surface area contributed by atoms with E-state index >= 15 is 0 Å². The molecular weight excluding hydrogens is 263 g/mol. The van der Waals surface area contributed by atoms with Gasteiger partial charge in [-0.05, 0) is 36.8 Å². The Balaban J connectivity index is 2.52. The third-order valence-electron chi connectivity index (χ3n) is 1.99. The van der Waals surface area contributed by atoms with Crippen molar-refractivity contribution in [1.82, 2.24) is 5.32 Å².